The number of hydrogen-bond donors (Lipinski definition) is 3. The minimum atomic E-state index is -1.82. The van der Waals surface area contributed by atoms with Crippen molar-refractivity contribution in [1.29, 1.82) is 0 Å². The van der Waals surface area contributed by atoms with Gasteiger partial charge in [-0.25, -0.2) is 14.6 Å². The van der Waals surface area contributed by atoms with Gasteiger partial charge in [-0.15, -0.1) is 6.58 Å². The van der Waals surface area contributed by atoms with Gasteiger partial charge in [0.05, 0.1) is 12.9 Å². The average Bonchev–Trinajstić information content (AvgIpc) is 2.82. The van der Waals surface area contributed by atoms with Gasteiger partial charge in [0, 0.05) is 18.5 Å². The Hall–Kier alpha value is -2.15. The first kappa shape index (κ1) is 15.9. The predicted octanol–water partition coefficient (Wildman–Crippen LogP) is 0.701. The van der Waals surface area contributed by atoms with Crippen LogP contribution in [0, 0.1) is 0 Å². The number of nitrogens with one attached hydrogen (secondary N) is 1. The number of aryl methyl sites for hydroxylation is 1. The number of carbonyl (C=O) groups is 2. The third-order valence-corrected chi connectivity index (χ3v) is 1.71. The number of aromatic nitrogens is 2. The first-order valence-electron chi connectivity index (χ1n) is 5.20. The Morgan fingerprint density at radius 2 is 2.11 bits per heavy atom. The molecule has 1 rings (SSSR count). The Morgan fingerprint density at radius 1 is 1.44 bits per heavy atom. The van der Waals surface area contributed by atoms with E-state index >= 15 is 0 Å². The standard InChI is InChI=1S/C9H14N2O.C2H2O4/c1-2-5-12-6-3-4-9-7-10-8-11-9;3-1(4)2(5)6/h2,7-8H,1,3-6H2,(H,10,11);(H,3,4)(H,5,6). The van der Waals surface area contributed by atoms with Crippen LogP contribution in [0.4, 0.5) is 0 Å². The average molecular weight is 256 g/mol. The fraction of sp³-hybridized carbons (Fsp3) is 0.364. The van der Waals surface area contributed by atoms with E-state index in [9.17, 15) is 0 Å². The fourth-order valence-electron chi connectivity index (χ4n) is 0.953. The third kappa shape index (κ3) is 9.10. The lowest BCUT2D eigenvalue weighted by Gasteiger charge is -1.98. The number of aromatic amines is 1. The van der Waals surface area contributed by atoms with Crippen LogP contribution in [0.15, 0.2) is 25.2 Å². The molecule has 0 amide bonds. The van der Waals surface area contributed by atoms with Crippen LogP contribution in [-0.4, -0.2) is 45.3 Å². The highest BCUT2D eigenvalue weighted by Gasteiger charge is 2.04. The molecule has 7 nitrogen and oxygen atoms in total. The van der Waals surface area contributed by atoms with E-state index in [0.29, 0.717) is 6.61 Å². The van der Waals surface area contributed by atoms with Gasteiger partial charge >= 0.3 is 11.9 Å². The van der Waals surface area contributed by atoms with Crippen molar-refractivity contribution in [1.82, 2.24) is 9.97 Å². The van der Waals surface area contributed by atoms with Gasteiger partial charge in [0.25, 0.3) is 0 Å². The SMILES string of the molecule is C=CCOCCCc1cnc[nH]1.O=C(O)C(=O)O. The van der Waals surface area contributed by atoms with Gasteiger partial charge in [0.2, 0.25) is 0 Å². The van der Waals surface area contributed by atoms with Crippen molar-refractivity contribution in [2.45, 2.75) is 12.8 Å². The summed E-state index contributed by atoms with van der Waals surface area (Å²) in [5.41, 5.74) is 1.16. The summed E-state index contributed by atoms with van der Waals surface area (Å²) in [7, 11) is 0. The molecule has 0 bridgehead atoms. The highest BCUT2D eigenvalue weighted by Crippen LogP contribution is 1.96. The number of carboxylic acid groups (broad SMARTS) is 2. The van der Waals surface area contributed by atoms with Crippen molar-refractivity contribution >= 4 is 11.9 Å². The summed E-state index contributed by atoms with van der Waals surface area (Å²) in [6.07, 6.45) is 7.32. The molecule has 100 valence electrons. The monoisotopic (exact) mass is 256 g/mol. The number of aliphatic carboxylic acids is 2. The Balaban J connectivity index is 0.000000411. The summed E-state index contributed by atoms with van der Waals surface area (Å²) in [5, 5.41) is 14.8. The molecule has 1 aromatic rings. The maximum Gasteiger partial charge on any atom is 0.414 e. The minimum absolute atomic E-state index is 0.642. The number of carboxylic acids is 2. The molecule has 0 saturated carbocycles. The molecule has 0 aliphatic rings. The van der Waals surface area contributed by atoms with E-state index in [4.69, 9.17) is 24.5 Å². The van der Waals surface area contributed by atoms with Gasteiger partial charge in [-0.05, 0) is 12.8 Å². The van der Waals surface area contributed by atoms with Gasteiger partial charge in [-0.3, -0.25) is 0 Å². The first-order valence-corrected chi connectivity index (χ1v) is 5.20. The van der Waals surface area contributed by atoms with Gasteiger partial charge < -0.3 is 19.9 Å². The summed E-state index contributed by atoms with van der Waals surface area (Å²) in [4.78, 5) is 25.2. The van der Waals surface area contributed by atoms with E-state index in [2.05, 4.69) is 16.5 Å². The molecule has 0 spiro atoms. The fourth-order valence-corrected chi connectivity index (χ4v) is 0.953. The van der Waals surface area contributed by atoms with Crippen LogP contribution < -0.4 is 0 Å². The highest BCUT2D eigenvalue weighted by atomic mass is 16.5. The Kier molecular flexibility index (Phi) is 8.83. The molecular formula is C11H16N2O5. The molecule has 0 aliphatic carbocycles. The Morgan fingerprint density at radius 3 is 2.56 bits per heavy atom. The lowest BCUT2D eigenvalue weighted by atomic mass is 10.3. The van der Waals surface area contributed by atoms with Crippen LogP contribution in [0.25, 0.3) is 0 Å². The van der Waals surface area contributed by atoms with E-state index < -0.39 is 11.9 Å². The predicted molar refractivity (Wildman–Crippen MR) is 63.2 cm³/mol. The molecule has 1 aromatic heterocycles. The van der Waals surface area contributed by atoms with Crippen LogP contribution in [0.3, 0.4) is 0 Å². The highest BCUT2D eigenvalue weighted by molar-refractivity contribution is 6.27. The molecule has 18 heavy (non-hydrogen) atoms. The van der Waals surface area contributed by atoms with Crippen molar-refractivity contribution in [3.63, 3.8) is 0 Å². The molecule has 0 atom stereocenters. The number of ether oxygens (including phenoxy) is 1. The smallest absolute Gasteiger partial charge is 0.414 e. The molecular weight excluding hydrogens is 240 g/mol. The molecule has 0 fully saturated rings. The van der Waals surface area contributed by atoms with Crippen molar-refractivity contribution in [3.8, 4) is 0 Å². The molecule has 0 radical (unpaired) electrons. The summed E-state index contributed by atoms with van der Waals surface area (Å²) in [6, 6.07) is 0. The number of nitrogens with zero attached hydrogens (tertiary/aromatic N) is 1. The van der Waals surface area contributed by atoms with Crippen LogP contribution in [0.1, 0.15) is 12.1 Å². The molecule has 0 aliphatic heterocycles. The number of rotatable bonds is 6. The third-order valence-electron chi connectivity index (χ3n) is 1.71. The second-order valence-electron chi connectivity index (χ2n) is 3.15. The summed E-state index contributed by atoms with van der Waals surface area (Å²) >= 11 is 0. The van der Waals surface area contributed by atoms with Crippen LogP contribution >= 0.6 is 0 Å². The van der Waals surface area contributed by atoms with Gasteiger partial charge in [0.1, 0.15) is 0 Å². The zero-order valence-electron chi connectivity index (χ0n) is 9.83. The van der Waals surface area contributed by atoms with E-state index in [0.717, 1.165) is 25.1 Å². The number of imidazole rings is 1. The second-order valence-corrected chi connectivity index (χ2v) is 3.15. The van der Waals surface area contributed by atoms with Crippen molar-refractivity contribution in [3.05, 3.63) is 30.9 Å². The van der Waals surface area contributed by atoms with Crippen LogP contribution in [0.5, 0.6) is 0 Å². The summed E-state index contributed by atoms with van der Waals surface area (Å²) in [6.45, 7) is 4.99. The molecule has 3 N–H and O–H groups in total. The van der Waals surface area contributed by atoms with Crippen molar-refractivity contribution in [2.24, 2.45) is 0 Å². The zero-order valence-corrected chi connectivity index (χ0v) is 9.83. The molecule has 0 saturated heterocycles. The molecule has 7 heteroatoms. The van der Waals surface area contributed by atoms with Gasteiger partial charge in [-0.2, -0.15) is 0 Å². The van der Waals surface area contributed by atoms with Crippen molar-refractivity contribution < 1.29 is 24.5 Å². The summed E-state index contributed by atoms with van der Waals surface area (Å²) in [5.74, 6) is -3.65. The Labute approximate surface area is 104 Å². The van der Waals surface area contributed by atoms with E-state index in [1.165, 1.54) is 0 Å². The minimum Gasteiger partial charge on any atom is -0.473 e. The van der Waals surface area contributed by atoms with E-state index in [1.807, 2.05) is 6.20 Å². The van der Waals surface area contributed by atoms with Gasteiger partial charge in [-0.1, -0.05) is 6.08 Å². The maximum absolute atomic E-state index is 9.10. The quantitative estimate of drug-likeness (QED) is 0.392. The largest absolute Gasteiger partial charge is 0.473 e. The Bertz CT molecular complexity index is 350. The van der Waals surface area contributed by atoms with Crippen LogP contribution in [-0.2, 0) is 20.7 Å². The van der Waals surface area contributed by atoms with Crippen LogP contribution in [0.2, 0.25) is 0 Å². The maximum atomic E-state index is 9.10. The lowest BCUT2D eigenvalue weighted by Crippen LogP contribution is -2.09. The molecule has 1 heterocycles. The topological polar surface area (TPSA) is 113 Å². The molecule has 0 aromatic carbocycles. The summed E-state index contributed by atoms with van der Waals surface area (Å²) < 4.78 is 5.23. The van der Waals surface area contributed by atoms with Gasteiger partial charge in [0.15, 0.2) is 0 Å². The lowest BCUT2D eigenvalue weighted by molar-refractivity contribution is -0.159. The van der Waals surface area contributed by atoms with E-state index in [-0.39, 0.29) is 0 Å². The first-order chi connectivity index (χ1) is 8.57. The van der Waals surface area contributed by atoms with E-state index in [1.54, 1.807) is 12.4 Å². The normalized spacial score (nSPS) is 9.11. The second kappa shape index (κ2) is 10.0. The van der Waals surface area contributed by atoms with Crippen molar-refractivity contribution in [2.75, 3.05) is 13.2 Å². The number of hydrogen-bond acceptors (Lipinski definition) is 4. The molecule has 0 unspecified atom stereocenters. The number of H-pyrrole nitrogens is 1. The zero-order chi connectivity index (χ0) is 13.8.